The first kappa shape index (κ1) is 20.5. The van der Waals surface area contributed by atoms with Crippen molar-refractivity contribution in [1.82, 2.24) is 0 Å². The van der Waals surface area contributed by atoms with Crippen LogP contribution in [0.5, 0.6) is 11.5 Å². The molecule has 1 aromatic carbocycles. The molecular formula is C24H39NO2. The Balaban J connectivity index is 1.91. The molecule has 3 heteroatoms. The van der Waals surface area contributed by atoms with Crippen LogP contribution in [0.2, 0.25) is 0 Å². The second kappa shape index (κ2) is 7.66. The Hall–Kier alpha value is -1.22. The molecule has 1 aliphatic carbocycles. The summed E-state index contributed by atoms with van der Waals surface area (Å²) >= 11 is 0. The third-order valence-corrected chi connectivity index (χ3v) is 7.08. The summed E-state index contributed by atoms with van der Waals surface area (Å²) in [5.74, 6) is 2.01. The summed E-state index contributed by atoms with van der Waals surface area (Å²) in [5.41, 5.74) is 8.30. The summed E-state index contributed by atoms with van der Waals surface area (Å²) in [5, 5.41) is 11.0. The van der Waals surface area contributed by atoms with Crippen molar-refractivity contribution in [2.45, 2.75) is 109 Å². The molecule has 152 valence electrons. The third-order valence-electron chi connectivity index (χ3n) is 7.08. The second-order valence-corrected chi connectivity index (χ2v) is 10.1. The number of phenols is 1. The maximum atomic E-state index is 11.0. The number of rotatable bonds is 6. The molecule has 2 aliphatic rings. The van der Waals surface area contributed by atoms with Crippen LogP contribution in [0, 0.1) is 5.92 Å². The number of ether oxygens (including phenoxy) is 1. The van der Waals surface area contributed by atoms with Crippen molar-refractivity contribution in [3.63, 3.8) is 0 Å². The fourth-order valence-corrected chi connectivity index (χ4v) is 5.31. The number of hydrogen-bond donors (Lipinski definition) is 2. The lowest BCUT2D eigenvalue weighted by Gasteiger charge is -2.49. The van der Waals surface area contributed by atoms with Gasteiger partial charge in [-0.25, -0.2) is 0 Å². The average molecular weight is 374 g/mol. The monoisotopic (exact) mass is 373 g/mol. The van der Waals surface area contributed by atoms with E-state index in [0.717, 1.165) is 37.0 Å². The first-order chi connectivity index (χ1) is 12.7. The van der Waals surface area contributed by atoms with Gasteiger partial charge in [0, 0.05) is 17.5 Å². The summed E-state index contributed by atoms with van der Waals surface area (Å²) in [6.45, 7) is 11.2. The summed E-state index contributed by atoms with van der Waals surface area (Å²) in [6, 6.07) is 4.42. The number of nitrogens with two attached hydrogens (primary N) is 1. The Kier molecular flexibility index (Phi) is 5.82. The fraction of sp³-hybridized carbons (Fsp3) is 0.750. The van der Waals surface area contributed by atoms with E-state index in [1.54, 1.807) is 0 Å². The summed E-state index contributed by atoms with van der Waals surface area (Å²) in [6.07, 6.45) is 9.26. The number of benzene rings is 1. The van der Waals surface area contributed by atoms with Gasteiger partial charge in [0.1, 0.15) is 17.1 Å². The van der Waals surface area contributed by atoms with Crippen LogP contribution >= 0.6 is 0 Å². The predicted octanol–water partition coefficient (Wildman–Crippen LogP) is 6.02. The lowest BCUT2D eigenvalue weighted by molar-refractivity contribution is -0.00997. The summed E-state index contributed by atoms with van der Waals surface area (Å²) < 4.78 is 6.48. The van der Waals surface area contributed by atoms with Crippen molar-refractivity contribution in [3.8, 4) is 11.5 Å². The minimum absolute atomic E-state index is 0.0353. The Bertz CT molecular complexity index is 665. The molecule has 0 amide bonds. The molecule has 0 spiro atoms. The number of fused-ring (bicyclic) bond motifs is 3. The molecule has 1 heterocycles. The topological polar surface area (TPSA) is 55.5 Å². The molecule has 0 radical (unpaired) electrons. The molecule has 0 saturated heterocycles. The Morgan fingerprint density at radius 2 is 1.93 bits per heavy atom. The SMILES string of the molecule is CCCCCCC(C)(C)c1cc(O)c2c(c1)OC(C)(C)[C@@H]1CCC(N)C[C@@H]21. The summed E-state index contributed by atoms with van der Waals surface area (Å²) in [7, 11) is 0. The Morgan fingerprint density at radius 1 is 1.19 bits per heavy atom. The molecule has 1 unspecified atom stereocenters. The van der Waals surface area contributed by atoms with Crippen molar-refractivity contribution in [2.75, 3.05) is 0 Å². The Morgan fingerprint density at radius 3 is 2.63 bits per heavy atom. The van der Waals surface area contributed by atoms with Gasteiger partial charge in [0.15, 0.2) is 0 Å². The van der Waals surface area contributed by atoms with Gasteiger partial charge in [0.05, 0.1) is 0 Å². The van der Waals surface area contributed by atoms with Gasteiger partial charge in [0.25, 0.3) is 0 Å². The van der Waals surface area contributed by atoms with E-state index in [4.69, 9.17) is 10.5 Å². The van der Waals surface area contributed by atoms with Crippen LogP contribution in [-0.2, 0) is 5.41 Å². The zero-order chi connectivity index (χ0) is 19.8. The third kappa shape index (κ3) is 4.13. The predicted molar refractivity (Wildman–Crippen MR) is 113 cm³/mol. The minimum atomic E-state index is -0.214. The number of phenolic OH excluding ortho intramolecular Hbond substituents is 1. The molecular weight excluding hydrogens is 334 g/mol. The van der Waals surface area contributed by atoms with E-state index in [0.29, 0.717) is 17.6 Å². The lowest BCUT2D eigenvalue weighted by Crippen LogP contribution is -2.48. The Labute approximate surface area is 165 Å². The van der Waals surface area contributed by atoms with E-state index >= 15 is 0 Å². The molecule has 1 fully saturated rings. The number of aromatic hydroxyl groups is 1. The van der Waals surface area contributed by atoms with E-state index in [1.807, 2.05) is 6.07 Å². The zero-order valence-corrected chi connectivity index (χ0v) is 18.0. The van der Waals surface area contributed by atoms with E-state index < -0.39 is 0 Å². The first-order valence-corrected chi connectivity index (χ1v) is 11.0. The molecule has 3 rings (SSSR count). The van der Waals surface area contributed by atoms with Gasteiger partial charge in [-0.1, -0.05) is 46.5 Å². The van der Waals surface area contributed by atoms with E-state index in [2.05, 4.69) is 40.7 Å². The standard InChI is InChI=1S/C24H39NO2/c1-6-7-8-9-12-23(2,3)16-13-20(26)22-18-15-17(25)10-11-19(18)24(4,5)27-21(22)14-16/h13-14,17-19,26H,6-12,15,25H2,1-5H3/t17?,18-,19-/m1/s1. The highest BCUT2D eigenvalue weighted by Crippen LogP contribution is 2.55. The van der Waals surface area contributed by atoms with E-state index in [9.17, 15) is 5.11 Å². The van der Waals surface area contributed by atoms with Gasteiger partial charge in [-0.05, 0) is 68.6 Å². The molecule has 0 bridgehead atoms. The van der Waals surface area contributed by atoms with Gasteiger partial charge >= 0.3 is 0 Å². The van der Waals surface area contributed by atoms with Crippen molar-refractivity contribution in [3.05, 3.63) is 23.3 Å². The largest absolute Gasteiger partial charge is 0.508 e. The van der Waals surface area contributed by atoms with Crippen molar-refractivity contribution < 1.29 is 9.84 Å². The van der Waals surface area contributed by atoms with Crippen LogP contribution in [0.15, 0.2) is 12.1 Å². The van der Waals surface area contributed by atoms with Gasteiger partial charge < -0.3 is 15.6 Å². The van der Waals surface area contributed by atoms with Crippen LogP contribution in [0.4, 0.5) is 0 Å². The van der Waals surface area contributed by atoms with Crippen molar-refractivity contribution in [1.29, 1.82) is 0 Å². The van der Waals surface area contributed by atoms with Crippen LogP contribution in [0.1, 0.15) is 103 Å². The van der Waals surface area contributed by atoms with Gasteiger partial charge in [0.2, 0.25) is 0 Å². The molecule has 3 atom stereocenters. The quantitative estimate of drug-likeness (QED) is 0.599. The van der Waals surface area contributed by atoms with Crippen LogP contribution in [0.25, 0.3) is 0 Å². The van der Waals surface area contributed by atoms with Crippen LogP contribution in [-0.4, -0.2) is 16.7 Å². The molecule has 1 aliphatic heterocycles. The molecule has 1 saturated carbocycles. The second-order valence-electron chi connectivity index (χ2n) is 10.1. The highest BCUT2D eigenvalue weighted by Gasteiger charge is 2.47. The van der Waals surface area contributed by atoms with Crippen LogP contribution < -0.4 is 10.5 Å². The molecule has 1 aromatic rings. The van der Waals surface area contributed by atoms with E-state index in [1.165, 1.54) is 31.2 Å². The zero-order valence-electron chi connectivity index (χ0n) is 18.0. The minimum Gasteiger partial charge on any atom is -0.508 e. The van der Waals surface area contributed by atoms with E-state index in [-0.39, 0.29) is 17.1 Å². The normalized spacial score (nSPS) is 26.8. The molecule has 27 heavy (non-hydrogen) atoms. The highest BCUT2D eigenvalue weighted by molar-refractivity contribution is 5.53. The molecule has 3 N–H and O–H groups in total. The molecule has 3 nitrogen and oxygen atoms in total. The number of unbranched alkanes of at least 4 members (excludes halogenated alkanes) is 3. The lowest BCUT2D eigenvalue weighted by atomic mass is 9.65. The molecule has 0 aromatic heterocycles. The first-order valence-electron chi connectivity index (χ1n) is 11.0. The van der Waals surface area contributed by atoms with Gasteiger partial charge in [-0.15, -0.1) is 0 Å². The van der Waals surface area contributed by atoms with Crippen molar-refractivity contribution >= 4 is 0 Å². The fourth-order valence-electron chi connectivity index (χ4n) is 5.31. The number of hydrogen-bond acceptors (Lipinski definition) is 3. The van der Waals surface area contributed by atoms with Crippen molar-refractivity contribution in [2.24, 2.45) is 11.7 Å². The average Bonchev–Trinajstić information content (AvgIpc) is 2.57. The smallest absolute Gasteiger partial charge is 0.127 e. The van der Waals surface area contributed by atoms with Gasteiger partial charge in [-0.2, -0.15) is 0 Å². The van der Waals surface area contributed by atoms with Crippen LogP contribution in [0.3, 0.4) is 0 Å². The van der Waals surface area contributed by atoms with Gasteiger partial charge in [-0.3, -0.25) is 0 Å². The summed E-state index contributed by atoms with van der Waals surface area (Å²) in [4.78, 5) is 0. The highest BCUT2D eigenvalue weighted by atomic mass is 16.5. The maximum absolute atomic E-state index is 11.0. The maximum Gasteiger partial charge on any atom is 0.127 e.